The molecule has 0 fully saturated rings. The van der Waals surface area contributed by atoms with Crippen LogP contribution in [0.1, 0.15) is 21.5 Å². The number of hydrogen-bond donors (Lipinski definition) is 1. The lowest BCUT2D eigenvalue weighted by Crippen LogP contribution is -2.23. The average molecular weight is 364 g/mol. The number of benzene rings is 2. The van der Waals surface area contributed by atoms with Gasteiger partial charge < -0.3 is 10.1 Å². The van der Waals surface area contributed by atoms with Crippen molar-refractivity contribution in [3.63, 3.8) is 0 Å². The molecule has 1 heterocycles. The molecule has 26 heavy (non-hydrogen) atoms. The molecule has 5 heteroatoms. The minimum Gasteiger partial charge on any atom is -0.380 e. The number of carbonyl (C=O) groups is 1. The molecule has 0 radical (unpaired) electrons. The monoisotopic (exact) mass is 364 g/mol. The van der Waals surface area contributed by atoms with Gasteiger partial charge in [-0.1, -0.05) is 42.1 Å². The molecule has 0 saturated carbocycles. The first-order valence-corrected chi connectivity index (χ1v) is 9.11. The molecule has 0 spiro atoms. The lowest BCUT2D eigenvalue weighted by atomic mass is 10.1. The van der Waals surface area contributed by atoms with Crippen LogP contribution in [0.2, 0.25) is 0 Å². The Morgan fingerprint density at radius 2 is 1.73 bits per heavy atom. The van der Waals surface area contributed by atoms with Gasteiger partial charge in [-0.15, -0.1) is 0 Å². The third-order valence-corrected chi connectivity index (χ3v) is 4.79. The summed E-state index contributed by atoms with van der Waals surface area (Å²) < 4.78 is 5.20. The molecule has 0 atom stereocenters. The number of aromatic nitrogens is 1. The van der Waals surface area contributed by atoms with Crippen molar-refractivity contribution in [2.45, 2.75) is 23.1 Å². The van der Waals surface area contributed by atoms with Crippen molar-refractivity contribution in [1.29, 1.82) is 0 Å². The van der Waals surface area contributed by atoms with Crippen LogP contribution in [0, 0.1) is 0 Å². The first-order valence-electron chi connectivity index (χ1n) is 8.29. The maximum atomic E-state index is 12.4. The molecule has 3 aromatic rings. The van der Waals surface area contributed by atoms with E-state index < -0.39 is 0 Å². The minimum absolute atomic E-state index is 0.0911. The van der Waals surface area contributed by atoms with Crippen molar-refractivity contribution in [3.05, 3.63) is 89.6 Å². The van der Waals surface area contributed by atoms with Crippen LogP contribution in [0.3, 0.4) is 0 Å². The van der Waals surface area contributed by atoms with Gasteiger partial charge in [-0.2, -0.15) is 0 Å². The fraction of sp³-hybridized carbons (Fsp3) is 0.143. The highest BCUT2D eigenvalue weighted by Crippen LogP contribution is 2.25. The highest BCUT2D eigenvalue weighted by Gasteiger charge is 2.08. The lowest BCUT2D eigenvalue weighted by Gasteiger charge is -2.10. The third kappa shape index (κ3) is 4.94. The van der Waals surface area contributed by atoms with Crippen LogP contribution < -0.4 is 5.32 Å². The van der Waals surface area contributed by atoms with E-state index >= 15 is 0 Å². The fourth-order valence-electron chi connectivity index (χ4n) is 2.51. The Morgan fingerprint density at radius 3 is 2.42 bits per heavy atom. The summed E-state index contributed by atoms with van der Waals surface area (Å²) in [5.74, 6) is -0.0911. The minimum atomic E-state index is -0.0911. The van der Waals surface area contributed by atoms with Gasteiger partial charge in [-0.3, -0.25) is 4.79 Å². The average Bonchev–Trinajstić information content (AvgIpc) is 2.69. The molecule has 0 aliphatic heterocycles. The number of rotatable bonds is 7. The van der Waals surface area contributed by atoms with Gasteiger partial charge >= 0.3 is 0 Å². The van der Waals surface area contributed by atoms with Crippen molar-refractivity contribution in [2.24, 2.45) is 0 Å². The van der Waals surface area contributed by atoms with Gasteiger partial charge in [-0.25, -0.2) is 4.98 Å². The van der Waals surface area contributed by atoms with E-state index in [1.54, 1.807) is 25.1 Å². The summed E-state index contributed by atoms with van der Waals surface area (Å²) in [7, 11) is 1.67. The first-order chi connectivity index (χ1) is 12.8. The smallest absolute Gasteiger partial charge is 0.251 e. The molecule has 132 valence electrons. The lowest BCUT2D eigenvalue weighted by molar-refractivity contribution is 0.0950. The molecule has 0 aliphatic carbocycles. The number of methoxy groups -OCH3 is 1. The number of amides is 1. The van der Waals surface area contributed by atoms with E-state index in [-0.39, 0.29) is 5.91 Å². The second-order valence-corrected chi connectivity index (χ2v) is 6.77. The highest BCUT2D eigenvalue weighted by atomic mass is 32.2. The molecular formula is C21H20N2O2S. The van der Waals surface area contributed by atoms with Gasteiger partial charge in [0.15, 0.2) is 0 Å². The molecule has 1 amide bonds. The summed E-state index contributed by atoms with van der Waals surface area (Å²) in [6.07, 6.45) is 1.77. The van der Waals surface area contributed by atoms with Crippen LogP contribution in [-0.4, -0.2) is 18.0 Å². The Kier molecular flexibility index (Phi) is 6.41. The zero-order chi connectivity index (χ0) is 18.2. The maximum Gasteiger partial charge on any atom is 0.251 e. The summed E-state index contributed by atoms with van der Waals surface area (Å²) in [5, 5.41) is 3.90. The van der Waals surface area contributed by atoms with Crippen molar-refractivity contribution in [3.8, 4) is 0 Å². The summed E-state index contributed by atoms with van der Waals surface area (Å²) in [4.78, 5) is 17.7. The predicted molar refractivity (Wildman–Crippen MR) is 103 cm³/mol. The van der Waals surface area contributed by atoms with Crippen LogP contribution in [-0.2, 0) is 17.9 Å². The van der Waals surface area contributed by atoms with Gasteiger partial charge in [0.05, 0.1) is 6.61 Å². The normalized spacial score (nSPS) is 10.5. The van der Waals surface area contributed by atoms with Crippen LogP contribution in [0.5, 0.6) is 0 Å². The van der Waals surface area contributed by atoms with Gasteiger partial charge in [0.1, 0.15) is 5.03 Å². The van der Waals surface area contributed by atoms with Crippen LogP contribution >= 0.6 is 11.8 Å². The van der Waals surface area contributed by atoms with Crippen molar-refractivity contribution >= 4 is 17.7 Å². The van der Waals surface area contributed by atoms with Gasteiger partial charge in [0.2, 0.25) is 0 Å². The van der Waals surface area contributed by atoms with Crippen LogP contribution in [0.25, 0.3) is 0 Å². The first kappa shape index (κ1) is 18.2. The molecule has 2 aromatic carbocycles. The second-order valence-electron chi connectivity index (χ2n) is 5.68. The number of ether oxygens (including phenoxy) is 1. The van der Waals surface area contributed by atoms with Crippen LogP contribution in [0.4, 0.5) is 0 Å². The number of hydrogen-bond acceptors (Lipinski definition) is 4. The zero-order valence-electron chi connectivity index (χ0n) is 14.5. The molecule has 0 aliphatic rings. The molecule has 0 saturated heterocycles. The molecule has 1 aromatic heterocycles. The SMILES string of the molecule is COCc1ccccc1CNC(=O)c1ccc(Sc2ccccn2)cc1. The molecule has 1 N–H and O–H groups in total. The van der Waals surface area contributed by atoms with E-state index in [1.807, 2.05) is 66.7 Å². The summed E-state index contributed by atoms with van der Waals surface area (Å²) in [6, 6.07) is 21.3. The Morgan fingerprint density at radius 1 is 1.00 bits per heavy atom. The van der Waals surface area contributed by atoms with Crippen molar-refractivity contribution < 1.29 is 9.53 Å². The number of nitrogens with one attached hydrogen (secondary N) is 1. The third-order valence-electron chi connectivity index (χ3n) is 3.83. The summed E-state index contributed by atoms with van der Waals surface area (Å²) in [5.41, 5.74) is 2.78. The van der Waals surface area contributed by atoms with Gasteiger partial charge in [-0.05, 0) is 47.5 Å². The van der Waals surface area contributed by atoms with E-state index in [1.165, 1.54) is 0 Å². The largest absolute Gasteiger partial charge is 0.380 e. The van der Waals surface area contributed by atoms with E-state index in [9.17, 15) is 4.79 Å². The molecular weight excluding hydrogens is 344 g/mol. The molecule has 0 bridgehead atoms. The highest BCUT2D eigenvalue weighted by molar-refractivity contribution is 7.99. The molecule has 0 unspecified atom stereocenters. The number of nitrogens with zero attached hydrogens (tertiary/aromatic N) is 1. The van der Waals surface area contributed by atoms with E-state index in [4.69, 9.17) is 4.74 Å². The van der Waals surface area contributed by atoms with E-state index in [0.29, 0.717) is 18.7 Å². The number of carbonyl (C=O) groups excluding carboxylic acids is 1. The Bertz CT molecular complexity index is 851. The zero-order valence-corrected chi connectivity index (χ0v) is 15.3. The van der Waals surface area contributed by atoms with E-state index in [0.717, 1.165) is 21.0 Å². The van der Waals surface area contributed by atoms with Crippen molar-refractivity contribution in [1.82, 2.24) is 10.3 Å². The molecule has 3 rings (SSSR count). The Labute approximate surface area is 157 Å². The van der Waals surface area contributed by atoms with Crippen LogP contribution in [0.15, 0.2) is 82.8 Å². The Balaban J connectivity index is 1.60. The topological polar surface area (TPSA) is 51.2 Å². The standard InChI is InChI=1S/C21H20N2O2S/c1-25-15-18-7-3-2-6-17(18)14-23-21(24)16-9-11-19(12-10-16)26-20-8-4-5-13-22-20/h2-13H,14-15H2,1H3,(H,23,24). The van der Waals surface area contributed by atoms with E-state index in [2.05, 4.69) is 10.3 Å². The Hall–Kier alpha value is -2.63. The quantitative estimate of drug-likeness (QED) is 0.679. The molecule has 4 nitrogen and oxygen atoms in total. The maximum absolute atomic E-state index is 12.4. The number of pyridine rings is 1. The van der Waals surface area contributed by atoms with Crippen molar-refractivity contribution in [2.75, 3.05) is 7.11 Å². The van der Waals surface area contributed by atoms with Gasteiger partial charge in [0, 0.05) is 30.3 Å². The second kappa shape index (κ2) is 9.17. The van der Waals surface area contributed by atoms with Gasteiger partial charge in [0.25, 0.3) is 5.91 Å². The summed E-state index contributed by atoms with van der Waals surface area (Å²) >= 11 is 1.57. The summed E-state index contributed by atoms with van der Waals surface area (Å²) in [6.45, 7) is 1.01. The fourth-order valence-corrected chi connectivity index (χ4v) is 3.28. The predicted octanol–water partition coefficient (Wildman–Crippen LogP) is 4.31.